The molecule has 2 aromatic rings. The molecule has 0 aliphatic heterocycles. The maximum absolute atomic E-state index is 13.7. The summed E-state index contributed by atoms with van der Waals surface area (Å²) >= 11 is 5.79. The van der Waals surface area contributed by atoms with E-state index in [2.05, 4.69) is 31.2 Å². The summed E-state index contributed by atoms with van der Waals surface area (Å²) < 4.78 is 13.7. The van der Waals surface area contributed by atoms with E-state index >= 15 is 0 Å². The van der Waals surface area contributed by atoms with Crippen LogP contribution in [0.3, 0.4) is 0 Å². The van der Waals surface area contributed by atoms with Gasteiger partial charge in [-0.3, -0.25) is 0 Å². The number of fused-ring (bicyclic) bond motifs is 1. The predicted octanol–water partition coefficient (Wildman–Crippen LogP) is 7.86. The van der Waals surface area contributed by atoms with Crippen molar-refractivity contribution in [2.24, 2.45) is 17.8 Å². The molecule has 2 aromatic carbocycles. The second kappa shape index (κ2) is 7.72. The Bertz CT molecular complexity index is 751. The Morgan fingerprint density at radius 3 is 2.31 bits per heavy atom. The largest absolute Gasteiger partial charge is 0.205 e. The molecule has 0 spiro atoms. The van der Waals surface area contributed by atoms with E-state index < -0.39 is 0 Å². The van der Waals surface area contributed by atoms with E-state index in [9.17, 15) is 4.39 Å². The van der Waals surface area contributed by atoms with E-state index in [0.717, 1.165) is 28.9 Å². The summed E-state index contributed by atoms with van der Waals surface area (Å²) in [7, 11) is 0. The summed E-state index contributed by atoms with van der Waals surface area (Å²) in [5.41, 5.74) is 3.40. The quantitative estimate of drug-likeness (QED) is 0.515. The average molecular weight is 371 g/mol. The van der Waals surface area contributed by atoms with E-state index in [4.69, 9.17) is 11.6 Å². The standard InChI is InChI=1S/C24H28ClF/c1-2-16-3-4-21-14-20(10-9-19(21)13-16)17-5-7-18(8-6-17)22-11-12-23(25)24(26)15-22/h5-8,11-12,15-16,19-21H,2-4,9-10,13-14H2,1H3. The fourth-order valence-electron chi connectivity index (χ4n) is 5.28. The van der Waals surface area contributed by atoms with Crippen molar-refractivity contribution in [1.29, 1.82) is 0 Å². The highest BCUT2D eigenvalue weighted by Gasteiger charge is 2.35. The van der Waals surface area contributed by atoms with Crippen LogP contribution >= 0.6 is 11.6 Å². The predicted molar refractivity (Wildman–Crippen MR) is 108 cm³/mol. The van der Waals surface area contributed by atoms with Crippen LogP contribution in [0.5, 0.6) is 0 Å². The molecular weight excluding hydrogens is 343 g/mol. The first-order valence-corrected chi connectivity index (χ1v) is 10.6. The first kappa shape index (κ1) is 18.0. The molecule has 0 radical (unpaired) electrons. The van der Waals surface area contributed by atoms with Crippen molar-refractivity contribution in [2.45, 2.75) is 57.8 Å². The molecule has 26 heavy (non-hydrogen) atoms. The highest BCUT2D eigenvalue weighted by molar-refractivity contribution is 6.30. The lowest BCUT2D eigenvalue weighted by molar-refractivity contribution is 0.116. The molecule has 0 aromatic heterocycles. The molecule has 0 N–H and O–H groups in total. The third-order valence-electron chi connectivity index (χ3n) is 6.93. The van der Waals surface area contributed by atoms with Crippen molar-refractivity contribution in [1.82, 2.24) is 0 Å². The van der Waals surface area contributed by atoms with Crippen molar-refractivity contribution >= 4 is 11.6 Å². The lowest BCUT2D eigenvalue weighted by Gasteiger charge is -2.42. The van der Waals surface area contributed by atoms with E-state index in [1.807, 2.05) is 6.07 Å². The molecule has 2 heteroatoms. The molecule has 0 heterocycles. The van der Waals surface area contributed by atoms with E-state index in [-0.39, 0.29) is 10.8 Å². The Hall–Kier alpha value is -1.34. The van der Waals surface area contributed by atoms with Crippen LogP contribution in [-0.4, -0.2) is 0 Å². The van der Waals surface area contributed by atoms with Gasteiger partial charge in [-0.05, 0) is 84.6 Å². The second-order valence-electron chi connectivity index (χ2n) is 8.37. The van der Waals surface area contributed by atoms with Crippen LogP contribution in [0.2, 0.25) is 5.02 Å². The van der Waals surface area contributed by atoms with Crippen molar-refractivity contribution in [3.63, 3.8) is 0 Å². The Kier molecular flexibility index (Phi) is 5.36. The lowest BCUT2D eigenvalue weighted by Crippen LogP contribution is -2.30. The Morgan fingerprint density at radius 2 is 1.58 bits per heavy atom. The molecule has 2 saturated carbocycles. The molecule has 2 fully saturated rings. The number of benzene rings is 2. The minimum absolute atomic E-state index is 0.180. The summed E-state index contributed by atoms with van der Waals surface area (Å²) in [4.78, 5) is 0. The van der Waals surface area contributed by atoms with Crippen LogP contribution < -0.4 is 0 Å². The van der Waals surface area contributed by atoms with Crippen LogP contribution in [0.1, 0.15) is 63.4 Å². The number of hydrogen-bond acceptors (Lipinski definition) is 0. The molecule has 0 amide bonds. The van der Waals surface area contributed by atoms with Crippen LogP contribution in [-0.2, 0) is 0 Å². The maximum atomic E-state index is 13.7. The van der Waals surface area contributed by atoms with Crippen LogP contribution in [0.25, 0.3) is 11.1 Å². The van der Waals surface area contributed by atoms with Gasteiger partial charge in [0.2, 0.25) is 0 Å². The topological polar surface area (TPSA) is 0 Å². The molecule has 4 rings (SSSR count). The van der Waals surface area contributed by atoms with Crippen LogP contribution in [0.4, 0.5) is 4.39 Å². The third-order valence-corrected chi connectivity index (χ3v) is 7.24. The fraction of sp³-hybridized carbons (Fsp3) is 0.500. The van der Waals surface area contributed by atoms with Gasteiger partial charge in [-0.1, -0.05) is 61.7 Å². The zero-order valence-corrected chi connectivity index (χ0v) is 16.3. The van der Waals surface area contributed by atoms with Gasteiger partial charge in [0.25, 0.3) is 0 Å². The van der Waals surface area contributed by atoms with Gasteiger partial charge in [0, 0.05) is 0 Å². The van der Waals surface area contributed by atoms with Crippen molar-refractivity contribution < 1.29 is 4.39 Å². The summed E-state index contributed by atoms with van der Waals surface area (Å²) in [6.07, 6.45) is 9.78. The van der Waals surface area contributed by atoms with Crippen LogP contribution in [0.15, 0.2) is 42.5 Å². The normalized spacial score (nSPS) is 28.6. The van der Waals surface area contributed by atoms with Gasteiger partial charge < -0.3 is 0 Å². The van der Waals surface area contributed by atoms with Crippen molar-refractivity contribution in [3.05, 3.63) is 58.9 Å². The van der Waals surface area contributed by atoms with Gasteiger partial charge in [0.1, 0.15) is 5.82 Å². The minimum Gasteiger partial charge on any atom is -0.205 e. The van der Waals surface area contributed by atoms with Gasteiger partial charge in [-0.2, -0.15) is 0 Å². The Balaban J connectivity index is 1.45. The van der Waals surface area contributed by atoms with Gasteiger partial charge >= 0.3 is 0 Å². The fourth-order valence-corrected chi connectivity index (χ4v) is 5.40. The average Bonchev–Trinajstić information content (AvgIpc) is 2.69. The van der Waals surface area contributed by atoms with Gasteiger partial charge in [0.05, 0.1) is 5.02 Å². The van der Waals surface area contributed by atoms with Crippen molar-refractivity contribution in [2.75, 3.05) is 0 Å². The Morgan fingerprint density at radius 1 is 0.885 bits per heavy atom. The molecule has 4 atom stereocenters. The van der Waals surface area contributed by atoms with Gasteiger partial charge in [-0.15, -0.1) is 0 Å². The summed E-state index contributed by atoms with van der Waals surface area (Å²) in [5, 5.41) is 0.180. The van der Waals surface area contributed by atoms with Crippen LogP contribution in [0, 0.1) is 23.6 Å². The molecule has 2 aliphatic carbocycles. The molecular formula is C24H28ClF. The molecule has 0 saturated heterocycles. The third kappa shape index (κ3) is 3.69. The second-order valence-corrected chi connectivity index (χ2v) is 8.78. The molecule has 0 nitrogen and oxygen atoms in total. The highest BCUT2D eigenvalue weighted by atomic mass is 35.5. The zero-order valence-electron chi connectivity index (χ0n) is 15.6. The minimum atomic E-state index is -0.353. The number of rotatable bonds is 3. The molecule has 2 aliphatic rings. The Labute approximate surface area is 161 Å². The van der Waals surface area contributed by atoms with E-state index in [1.165, 1.54) is 56.6 Å². The van der Waals surface area contributed by atoms with Gasteiger partial charge in [-0.25, -0.2) is 4.39 Å². The SMILES string of the molecule is CCC1CCC2CC(c3ccc(-c4ccc(Cl)c(F)c4)cc3)CCC2C1. The monoisotopic (exact) mass is 370 g/mol. The molecule has 138 valence electrons. The van der Waals surface area contributed by atoms with E-state index in [0.29, 0.717) is 5.92 Å². The first-order chi connectivity index (χ1) is 12.6. The van der Waals surface area contributed by atoms with Crippen molar-refractivity contribution in [3.8, 4) is 11.1 Å². The summed E-state index contributed by atoms with van der Waals surface area (Å²) in [6.45, 7) is 2.35. The summed E-state index contributed by atoms with van der Waals surface area (Å²) in [6, 6.07) is 13.8. The summed E-state index contributed by atoms with van der Waals surface area (Å²) in [5.74, 6) is 3.23. The lowest BCUT2D eigenvalue weighted by atomic mass is 9.63. The van der Waals surface area contributed by atoms with Gasteiger partial charge in [0.15, 0.2) is 0 Å². The smallest absolute Gasteiger partial charge is 0.142 e. The highest BCUT2D eigenvalue weighted by Crippen LogP contribution is 2.48. The molecule has 4 unspecified atom stereocenters. The number of hydrogen-bond donors (Lipinski definition) is 0. The first-order valence-electron chi connectivity index (χ1n) is 10.2. The maximum Gasteiger partial charge on any atom is 0.142 e. The number of halogens is 2. The van der Waals surface area contributed by atoms with E-state index in [1.54, 1.807) is 6.07 Å². The zero-order chi connectivity index (χ0) is 18.1. The molecule has 0 bridgehead atoms.